The van der Waals surface area contributed by atoms with Crippen molar-refractivity contribution in [3.8, 4) is 0 Å². The summed E-state index contributed by atoms with van der Waals surface area (Å²) < 4.78 is 24.7. The fourth-order valence-electron chi connectivity index (χ4n) is 1.67. The van der Waals surface area contributed by atoms with Gasteiger partial charge in [-0.3, -0.25) is 0 Å². The third-order valence-electron chi connectivity index (χ3n) is 3.28. The zero-order chi connectivity index (χ0) is 14.0. The van der Waals surface area contributed by atoms with Crippen LogP contribution in [0.2, 0.25) is 0 Å². The maximum atomic E-state index is 12.3. The fraction of sp³-hybridized carbons (Fsp3) is 0.571. The number of rotatable bonds is 5. The molecule has 0 aliphatic carbocycles. The van der Waals surface area contributed by atoms with E-state index in [-0.39, 0.29) is 11.2 Å². The summed E-state index contributed by atoms with van der Waals surface area (Å²) in [5.74, 6) is 0.154. The summed E-state index contributed by atoms with van der Waals surface area (Å²) in [4.78, 5) is 0.454. The van der Waals surface area contributed by atoms with Gasteiger partial charge in [0.2, 0.25) is 0 Å². The second kappa shape index (κ2) is 5.41. The lowest BCUT2D eigenvalue weighted by molar-refractivity contribution is 0.365. The first-order valence-electron chi connectivity index (χ1n) is 6.18. The largest absolute Gasteiger partial charge is 0.330 e. The van der Waals surface area contributed by atoms with Crippen molar-refractivity contribution in [3.63, 3.8) is 0 Å². The molecule has 0 amide bonds. The zero-order valence-corrected chi connectivity index (χ0v) is 12.5. The summed E-state index contributed by atoms with van der Waals surface area (Å²) in [6, 6.07) is 5.54. The molecule has 1 aromatic rings. The van der Waals surface area contributed by atoms with Gasteiger partial charge in [-0.25, -0.2) is 8.42 Å². The molecule has 0 aromatic heterocycles. The number of nitrogens with two attached hydrogens (primary N) is 1. The molecule has 0 radical (unpaired) electrons. The molecule has 0 saturated heterocycles. The van der Waals surface area contributed by atoms with Gasteiger partial charge in [0.1, 0.15) is 0 Å². The predicted molar refractivity (Wildman–Crippen MR) is 75.4 cm³/mol. The number of hydrogen-bond acceptors (Lipinski definition) is 3. The smallest absolute Gasteiger partial charge is 0.178 e. The van der Waals surface area contributed by atoms with E-state index in [1.807, 2.05) is 39.8 Å². The summed E-state index contributed by atoms with van der Waals surface area (Å²) >= 11 is 0. The first-order chi connectivity index (χ1) is 8.18. The Morgan fingerprint density at radius 1 is 1.22 bits per heavy atom. The highest BCUT2D eigenvalue weighted by atomic mass is 32.2. The van der Waals surface area contributed by atoms with E-state index in [1.54, 1.807) is 6.07 Å². The molecule has 0 saturated carbocycles. The lowest BCUT2D eigenvalue weighted by Gasteiger charge is -2.22. The summed E-state index contributed by atoms with van der Waals surface area (Å²) in [5.41, 5.74) is 7.28. The Morgan fingerprint density at radius 3 is 2.39 bits per heavy atom. The number of hydrogen-bond donors (Lipinski definition) is 1. The van der Waals surface area contributed by atoms with Gasteiger partial charge < -0.3 is 5.73 Å². The van der Waals surface area contributed by atoms with Crippen molar-refractivity contribution in [2.24, 2.45) is 11.1 Å². The van der Waals surface area contributed by atoms with E-state index < -0.39 is 9.84 Å². The highest BCUT2D eigenvalue weighted by Gasteiger charge is 2.23. The van der Waals surface area contributed by atoms with Crippen molar-refractivity contribution in [2.45, 2.75) is 39.0 Å². The maximum absolute atomic E-state index is 12.3. The summed E-state index contributed by atoms with van der Waals surface area (Å²) in [5, 5.41) is 0. The fourth-order valence-corrected chi connectivity index (χ4v) is 3.63. The van der Waals surface area contributed by atoms with Crippen LogP contribution in [0.25, 0.3) is 0 Å². The average Bonchev–Trinajstić information content (AvgIpc) is 2.30. The summed E-state index contributed by atoms with van der Waals surface area (Å²) in [6.45, 7) is 8.22. The normalized spacial score (nSPS) is 12.7. The van der Waals surface area contributed by atoms with Crippen LogP contribution in [-0.4, -0.2) is 20.7 Å². The molecule has 4 heteroatoms. The Balaban J connectivity index is 2.97. The lowest BCUT2D eigenvalue weighted by atomic mass is 9.91. The average molecular weight is 269 g/mol. The molecule has 2 N–H and O–H groups in total. The van der Waals surface area contributed by atoms with E-state index in [1.165, 1.54) is 0 Å². The van der Waals surface area contributed by atoms with Gasteiger partial charge in [0.15, 0.2) is 9.84 Å². The first-order valence-corrected chi connectivity index (χ1v) is 7.83. The molecule has 18 heavy (non-hydrogen) atoms. The van der Waals surface area contributed by atoms with Crippen LogP contribution in [0.4, 0.5) is 0 Å². The van der Waals surface area contributed by atoms with Gasteiger partial charge >= 0.3 is 0 Å². The van der Waals surface area contributed by atoms with Crippen LogP contribution in [0.3, 0.4) is 0 Å². The molecule has 0 unspecified atom stereocenters. The highest BCUT2D eigenvalue weighted by molar-refractivity contribution is 7.91. The molecule has 0 spiro atoms. The van der Waals surface area contributed by atoms with Crippen LogP contribution in [0.5, 0.6) is 0 Å². The van der Waals surface area contributed by atoms with E-state index in [0.717, 1.165) is 11.1 Å². The Kier molecular flexibility index (Phi) is 4.56. The molecule has 1 aromatic carbocycles. The van der Waals surface area contributed by atoms with Crippen molar-refractivity contribution in [2.75, 3.05) is 12.3 Å². The molecule has 1 rings (SSSR count). The monoisotopic (exact) mass is 269 g/mol. The Hall–Kier alpha value is -0.870. The van der Waals surface area contributed by atoms with Crippen LogP contribution < -0.4 is 5.73 Å². The van der Waals surface area contributed by atoms with Gasteiger partial charge in [0, 0.05) is 0 Å². The van der Waals surface area contributed by atoms with Gasteiger partial charge in [-0.15, -0.1) is 0 Å². The number of sulfone groups is 1. The topological polar surface area (TPSA) is 60.2 Å². The maximum Gasteiger partial charge on any atom is 0.178 e. The van der Waals surface area contributed by atoms with Gasteiger partial charge in [0.25, 0.3) is 0 Å². The van der Waals surface area contributed by atoms with E-state index >= 15 is 0 Å². The molecular weight excluding hydrogens is 246 g/mol. The van der Waals surface area contributed by atoms with Gasteiger partial charge in [-0.1, -0.05) is 26.0 Å². The highest BCUT2D eigenvalue weighted by Crippen LogP contribution is 2.24. The Labute approximate surface area is 110 Å². The third-order valence-corrected chi connectivity index (χ3v) is 5.13. The van der Waals surface area contributed by atoms with Crippen molar-refractivity contribution >= 4 is 9.84 Å². The van der Waals surface area contributed by atoms with Gasteiger partial charge in [0.05, 0.1) is 10.6 Å². The minimum absolute atomic E-state index is 0.134. The van der Waals surface area contributed by atoms with Gasteiger partial charge in [-0.05, 0) is 49.4 Å². The molecule has 102 valence electrons. The Bertz CT molecular complexity index is 519. The lowest BCUT2D eigenvalue weighted by Crippen LogP contribution is -2.26. The van der Waals surface area contributed by atoms with E-state index in [2.05, 4.69) is 0 Å². The van der Waals surface area contributed by atoms with Crippen LogP contribution in [0.1, 0.15) is 31.4 Å². The standard InChI is InChI=1S/C14H23NO2S/c1-11-5-6-12(2)13(9-11)18(16,17)8-7-14(3,4)10-15/h5-6,9H,7-8,10,15H2,1-4H3. The number of aryl methyl sites for hydroxylation is 2. The van der Waals surface area contributed by atoms with Crippen LogP contribution in [0.15, 0.2) is 23.1 Å². The molecule has 0 bridgehead atoms. The second-order valence-electron chi connectivity index (χ2n) is 5.71. The van der Waals surface area contributed by atoms with Crippen molar-refractivity contribution in [1.82, 2.24) is 0 Å². The molecule has 0 aliphatic rings. The second-order valence-corrected chi connectivity index (χ2v) is 7.78. The quantitative estimate of drug-likeness (QED) is 0.893. The molecule has 0 fully saturated rings. The first kappa shape index (κ1) is 15.2. The zero-order valence-electron chi connectivity index (χ0n) is 11.7. The van der Waals surface area contributed by atoms with E-state index in [0.29, 0.717) is 17.9 Å². The van der Waals surface area contributed by atoms with E-state index in [4.69, 9.17) is 5.73 Å². The summed E-state index contributed by atoms with van der Waals surface area (Å²) in [6.07, 6.45) is 0.583. The van der Waals surface area contributed by atoms with Gasteiger partial charge in [-0.2, -0.15) is 0 Å². The molecule has 0 heterocycles. The van der Waals surface area contributed by atoms with Crippen molar-refractivity contribution in [3.05, 3.63) is 29.3 Å². The van der Waals surface area contributed by atoms with Crippen LogP contribution >= 0.6 is 0 Å². The minimum Gasteiger partial charge on any atom is -0.330 e. The Morgan fingerprint density at radius 2 is 1.83 bits per heavy atom. The van der Waals surface area contributed by atoms with Crippen molar-refractivity contribution in [1.29, 1.82) is 0 Å². The van der Waals surface area contributed by atoms with Crippen molar-refractivity contribution < 1.29 is 8.42 Å². The molecular formula is C14H23NO2S. The van der Waals surface area contributed by atoms with E-state index in [9.17, 15) is 8.42 Å². The predicted octanol–water partition coefficient (Wildman–Crippen LogP) is 2.45. The number of benzene rings is 1. The molecule has 3 nitrogen and oxygen atoms in total. The summed E-state index contributed by atoms with van der Waals surface area (Å²) in [7, 11) is -3.21. The minimum atomic E-state index is -3.21. The van der Waals surface area contributed by atoms with Crippen LogP contribution in [0, 0.1) is 19.3 Å². The SMILES string of the molecule is Cc1ccc(C)c(S(=O)(=O)CCC(C)(C)CN)c1. The van der Waals surface area contributed by atoms with Crippen LogP contribution in [-0.2, 0) is 9.84 Å². The third kappa shape index (κ3) is 3.82. The molecule has 0 atom stereocenters. The molecule has 0 aliphatic heterocycles.